The Labute approximate surface area is 179 Å². The quantitative estimate of drug-likeness (QED) is 0.808. The van der Waals surface area contributed by atoms with Crippen molar-refractivity contribution in [2.45, 2.75) is 46.1 Å². The molecule has 0 radical (unpaired) electrons. The maximum absolute atomic E-state index is 12.9. The first-order chi connectivity index (χ1) is 14.4. The molecule has 0 bridgehead atoms. The van der Waals surface area contributed by atoms with E-state index in [4.69, 9.17) is 14.8 Å². The summed E-state index contributed by atoms with van der Waals surface area (Å²) in [5.41, 5.74) is 2.15. The fraction of sp³-hybridized carbons (Fsp3) is 0.583. The molecule has 6 heteroatoms. The number of carbonyl (C=O) groups is 1. The van der Waals surface area contributed by atoms with E-state index in [1.807, 2.05) is 0 Å². The number of benzene rings is 1. The van der Waals surface area contributed by atoms with E-state index in [9.17, 15) is 4.79 Å². The van der Waals surface area contributed by atoms with Gasteiger partial charge in [-0.15, -0.1) is 0 Å². The van der Waals surface area contributed by atoms with Crippen molar-refractivity contribution in [2.24, 2.45) is 11.3 Å². The van der Waals surface area contributed by atoms with Gasteiger partial charge in [0.2, 0.25) is 5.91 Å². The summed E-state index contributed by atoms with van der Waals surface area (Å²) in [6.45, 7) is 9.65. The number of aromatic nitrogens is 1. The maximum atomic E-state index is 12.9. The van der Waals surface area contributed by atoms with E-state index >= 15 is 0 Å². The zero-order valence-electron chi connectivity index (χ0n) is 18.6. The average molecular weight is 414 g/mol. The zero-order valence-corrected chi connectivity index (χ0v) is 18.6. The number of pyridine rings is 1. The number of fused-ring (bicyclic) bond motifs is 1. The minimum absolute atomic E-state index is 0.0212. The van der Waals surface area contributed by atoms with E-state index in [-0.39, 0.29) is 23.3 Å². The van der Waals surface area contributed by atoms with E-state index in [1.54, 1.807) is 0 Å². The van der Waals surface area contributed by atoms with E-state index in [0.717, 1.165) is 57.4 Å². The van der Waals surface area contributed by atoms with E-state index in [1.165, 1.54) is 10.9 Å². The molecular weight excluding hydrogens is 378 g/mol. The van der Waals surface area contributed by atoms with Crippen LogP contribution in [0.5, 0.6) is 0 Å². The second-order valence-corrected chi connectivity index (χ2v) is 8.99. The predicted octanol–water partition coefficient (Wildman–Crippen LogP) is 3.30. The standard InChI is InChI=1S/C23H31N3O2.CH4O/c1-16-6-4-7-17-9-10-20(25-21(16)17)26-12-11-19(23(2,3)15-26)22(27)24-18-8-5-13-28-14-18;1-2/h4,6-7,9-10,18-19H,5,8,11-15H2,1-3H3,(H,24,27);2H,1H3. The number of piperidine rings is 1. The minimum Gasteiger partial charge on any atom is -0.400 e. The number of carbonyl (C=O) groups excluding carboxylic acids is 1. The van der Waals surface area contributed by atoms with Crippen LogP contribution in [0.2, 0.25) is 0 Å². The molecule has 164 valence electrons. The second-order valence-electron chi connectivity index (χ2n) is 8.99. The lowest BCUT2D eigenvalue weighted by atomic mass is 9.73. The molecule has 3 heterocycles. The number of aryl methyl sites for hydroxylation is 1. The van der Waals surface area contributed by atoms with Gasteiger partial charge in [-0.05, 0) is 49.3 Å². The lowest BCUT2D eigenvalue weighted by Gasteiger charge is -2.44. The van der Waals surface area contributed by atoms with Gasteiger partial charge in [0.1, 0.15) is 5.82 Å². The molecule has 2 fully saturated rings. The number of hydrogen-bond donors (Lipinski definition) is 2. The van der Waals surface area contributed by atoms with Crippen molar-refractivity contribution < 1.29 is 14.6 Å². The lowest BCUT2D eigenvalue weighted by Crippen LogP contribution is -2.53. The molecule has 2 unspecified atom stereocenters. The summed E-state index contributed by atoms with van der Waals surface area (Å²) in [4.78, 5) is 20.2. The first kappa shape index (κ1) is 22.5. The topological polar surface area (TPSA) is 74.7 Å². The summed E-state index contributed by atoms with van der Waals surface area (Å²) >= 11 is 0. The maximum Gasteiger partial charge on any atom is 0.224 e. The Hall–Kier alpha value is -2.18. The number of ether oxygens (including phenoxy) is 1. The molecule has 0 aliphatic carbocycles. The van der Waals surface area contributed by atoms with Crippen LogP contribution >= 0.6 is 0 Å². The van der Waals surface area contributed by atoms with Crippen LogP contribution in [0.4, 0.5) is 5.82 Å². The molecule has 2 aromatic rings. The second kappa shape index (κ2) is 9.75. The number of rotatable bonds is 3. The number of nitrogens with zero attached hydrogens (tertiary/aromatic N) is 2. The number of nitrogens with one attached hydrogen (secondary N) is 1. The van der Waals surface area contributed by atoms with Crippen LogP contribution in [0.25, 0.3) is 10.9 Å². The molecule has 2 N–H and O–H groups in total. The van der Waals surface area contributed by atoms with Gasteiger partial charge in [-0.1, -0.05) is 32.0 Å². The first-order valence-corrected chi connectivity index (χ1v) is 10.9. The summed E-state index contributed by atoms with van der Waals surface area (Å²) < 4.78 is 5.51. The predicted molar refractivity (Wildman–Crippen MR) is 121 cm³/mol. The van der Waals surface area contributed by atoms with Crippen molar-refractivity contribution in [3.8, 4) is 0 Å². The summed E-state index contributed by atoms with van der Waals surface area (Å²) in [6.07, 6.45) is 2.89. The fourth-order valence-electron chi connectivity index (χ4n) is 4.66. The average Bonchev–Trinajstić information content (AvgIpc) is 2.75. The van der Waals surface area contributed by atoms with Crippen molar-refractivity contribution in [1.82, 2.24) is 10.3 Å². The van der Waals surface area contributed by atoms with E-state index in [2.05, 4.69) is 61.3 Å². The summed E-state index contributed by atoms with van der Waals surface area (Å²) in [6, 6.07) is 10.7. The smallest absolute Gasteiger partial charge is 0.224 e. The molecular formula is C24H35N3O3. The summed E-state index contributed by atoms with van der Waals surface area (Å²) in [7, 11) is 1.00. The molecule has 2 atom stereocenters. The van der Waals surface area contributed by atoms with Crippen LogP contribution in [0.1, 0.15) is 38.7 Å². The van der Waals surface area contributed by atoms with Crippen molar-refractivity contribution >= 4 is 22.6 Å². The molecule has 2 aliphatic rings. The normalized spacial score (nSPS) is 23.4. The summed E-state index contributed by atoms with van der Waals surface area (Å²) in [5.74, 6) is 1.21. The van der Waals surface area contributed by atoms with Crippen LogP contribution in [0, 0.1) is 18.3 Å². The van der Waals surface area contributed by atoms with Gasteiger partial charge in [0.05, 0.1) is 18.2 Å². The van der Waals surface area contributed by atoms with Crippen molar-refractivity contribution in [3.63, 3.8) is 0 Å². The van der Waals surface area contributed by atoms with E-state index in [0.29, 0.717) is 6.61 Å². The molecule has 30 heavy (non-hydrogen) atoms. The Bertz CT molecular complexity index is 862. The molecule has 0 spiro atoms. The number of hydrogen-bond acceptors (Lipinski definition) is 5. The van der Waals surface area contributed by atoms with Crippen molar-refractivity contribution in [3.05, 3.63) is 35.9 Å². The zero-order chi connectivity index (χ0) is 21.7. The van der Waals surface area contributed by atoms with Gasteiger partial charge in [0.15, 0.2) is 0 Å². The van der Waals surface area contributed by atoms with Gasteiger partial charge in [0, 0.05) is 38.1 Å². The third-order valence-electron chi connectivity index (χ3n) is 6.28. The van der Waals surface area contributed by atoms with Gasteiger partial charge in [0.25, 0.3) is 0 Å². The van der Waals surface area contributed by atoms with Gasteiger partial charge in [-0.25, -0.2) is 4.98 Å². The molecule has 4 rings (SSSR count). The Morgan fingerprint density at radius 1 is 1.23 bits per heavy atom. The highest BCUT2D eigenvalue weighted by atomic mass is 16.5. The van der Waals surface area contributed by atoms with Crippen LogP contribution in [-0.2, 0) is 9.53 Å². The van der Waals surface area contributed by atoms with E-state index < -0.39 is 0 Å². The van der Waals surface area contributed by atoms with Gasteiger partial charge < -0.3 is 20.1 Å². The monoisotopic (exact) mass is 413 g/mol. The molecule has 1 aromatic heterocycles. The SMILES string of the molecule is CO.Cc1cccc2ccc(N3CCC(C(=O)NC4CCCOC4)C(C)(C)C3)nc12. The molecule has 2 saturated heterocycles. The number of aliphatic hydroxyl groups is 1. The number of aliphatic hydroxyl groups excluding tert-OH is 1. The Kier molecular flexibility index (Phi) is 7.32. The van der Waals surface area contributed by atoms with Crippen LogP contribution < -0.4 is 10.2 Å². The Morgan fingerprint density at radius 3 is 2.73 bits per heavy atom. The Morgan fingerprint density at radius 2 is 2.03 bits per heavy atom. The molecule has 0 saturated carbocycles. The molecule has 6 nitrogen and oxygen atoms in total. The first-order valence-electron chi connectivity index (χ1n) is 10.9. The number of para-hydroxylation sites is 1. The van der Waals surface area contributed by atoms with Gasteiger partial charge in [-0.3, -0.25) is 4.79 Å². The molecule has 1 amide bonds. The third kappa shape index (κ3) is 4.93. The lowest BCUT2D eigenvalue weighted by molar-refractivity contribution is -0.131. The highest BCUT2D eigenvalue weighted by Gasteiger charge is 2.41. The number of anilines is 1. The fourth-order valence-corrected chi connectivity index (χ4v) is 4.66. The molecule has 2 aliphatic heterocycles. The molecule has 1 aromatic carbocycles. The highest BCUT2D eigenvalue weighted by Crippen LogP contribution is 2.37. The van der Waals surface area contributed by atoms with Crippen LogP contribution in [0.3, 0.4) is 0 Å². The van der Waals surface area contributed by atoms with Gasteiger partial charge in [-0.2, -0.15) is 0 Å². The van der Waals surface area contributed by atoms with Crippen molar-refractivity contribution in [2.75, 3.05) is 38.3 Å². The number of amides is 1. The van der Waals surface area contributed by atoms with Crippen molar-refractivity contribution in [1.29, 1.82) is 0 Å². The third-order valence-corrected chi connectivity index (χ3v) is 6.28. The minimum atomic E-state index is -0.111. The van der Waals surface area contributed by atoms with Crippen LogP contribution in [-0.4, -0.2) is 55.5 Å². The summed E-state index contributed by atoms with van der Waals surface area (Å²) in [5, 5.41) is 11.4. The highest BCUT2D eigenvalue weighted by molar-refractivity contribution is 5.83. The Balaban J connectivity index is 0.00000124. The largest absolute Gasteiger partial charge is 0.400 e. The van der Waals surface area contributed by atoms with Gasteiger partial charge >= 0.3 is 0 Å². The van der Waals surface area contributed by atoms with Crippen LogP contribution in [0.15, 0.2) is 30.3 Å².